The zero-order valence-electron chi connectivity index (χ0n) is 20.8. The van der Waals surface area contributed by atoms with Crippen molar-refractivity contribution in [3.05, 3.63) is 77.1 Å². The maximum Gasteiger partial charge on any atom is 0.331 e. The number of benzene rings is 2. The van der Waals surface area contributed by atoms with E-state index in [1.165, 1.54) is 12.8 Å². The molecule has 0 amide bonds. The number of imidazole rings is 1. The number of para-hydroxylation sites is 2. The highest BCUT2D eigenvalue weighted by Crippen LogP contribution is 2.39. The Morgan fingerprint density at radius 3 is 2.25 bits per heavy atom. The minimum absolute atomic E-state index is 0. The number of H-pyrrole nitrogens is 1. The van der Waals surface area contributed by atoms with Crippen LogP contribution in [-0.2, 0) is 7.05 Å². The van der Waals surface area contributed by atoms with Gasteiger partial charge in [-0.3, -0.25) is 9.55 Å². The third kappa shape index (κ3) is 4.13. The Balaban J connectivity index is 0.000000726. The molecule has 0 atom stereocenters. The number of hydrogen-bond acceptors (Lipinski definition) is 3. The van der Waals surface area contributed by atoms with Crippen LogP contribution in [0.2, 0.25) is 0 Å². The molecule has 0 aliphatic heterocycles. The van der Waals surface area contributed by atoms with Crippen LogP contribution in [0.1, 0.15) is 37.4 Å². The van der Waals surface area contributed by atoms with E-state index in [0.717, 1.165) is 45.9 Å². The highest BCUT2D eigenvalue weighted by atomic mass is 35.5. The maximum absolute atomic E-state index is 13.2. The van der Waals surface area contributed by atoms with Crippen molar-refractivity contribution in [1.82, 2.24) is 24.0 Å². The largest absolute Gasteiger partial charge is 0.348 e. The average Bonchev–Trinajstić information content (AvgIpc) is 3.64. The molecule has 0 unspecified atom stereocenters. The number of nitriles is 1. The van der Waals surface area contributed by atoms with Crippen molar-refractivity contribution in [2.24, 2.45) is 7.05 Å². The van der Waals surface area contributed by atoms with Crippen LogP contribution in [0.5, 0.6) is 0 Å². The van der Waals surface area contributed by atoms with Gasteiger partial charge in [-0.25, -0.2) is 4.79 Å². The maximum atomic E-state index is 13.2. The van der Waals surface area contributed by atoms with Crippen LogP contribution in [0.25, 0.3) is 38.8 Å². The second-order valence-corrected chi connectivity index (χ2v) is 9.15. The average molecular weight is 503 g/mol. The van der Waals surface area contributed by atoms with Crippen LogP contribution in [0.4, 0.5) is 0 Å². The molecular formula is C28H31ClN6O. The number of aromatic nitrogens is 4. The second kappa shape index (κ2) is 10.5. The van der Waals surface area contributed by atoms with Gasteiger partial charge in [0, 0.05) is 52.9 Å². The molecule has 186 valence electrons. The van der Waals surface area contributed by atoms with Crippen molar-refractivity contribution in [3.63, 3.8) is 0 Å². The first-order valence-electron chi connectivity index (χ1n) is 12.1. The van der Waals surface area contributed by atoms with E-state index in [0.29, 0.717) is 11.7 Å². The van der Waals surface area contributed by atoms with Crippen LogP contribution in [0.3, 0.4) is 0 Å². The normalized spacial score (nSPS) is 13.4. The van der Waals surface area contributed by atoms with Crippen molar-refractivity contribution >= 4 is 34.2 Å². The number of hydrogen-bond donors (Lipinski definition) is 2. The first-order valence-corrected chi connectivity index (χ1v) is 12.1. The van der Waals surface area contributed by atoms with Crippen molar-refractivity contribution in [2.75, 3.05) is 14.1 Å². The summed E-state index contributed by atoms with van der Waals surface area (Å²) in [5, 5.41) is 14.7. The monoisotopic (exact) mass is 502 g/mol. The number of nitrogens with zero attached hydrogens (tertiary/aromatic N) is 4. The summed E-state index contributed by atoms with van der Waals surface area (Å²) >= 11 is 0. The lowest BCUT2D eigenvalue weighted by atomic mass is 10.1. The van der Waals surface area contributed by atoms with Crippen molar-refractivity contribution in [3.8, 4) is 23.0 Å². The Hall–Kier alpha value is -3.73. The van der Waals surface area contributed by atoms with Gasteiger partial charge in [0.05, 0.1) is 11.4 Å². The van der Waals surface area contributed by atoms with Gasteiger partial charge in [0.2, 0.25) is 0 Å². The van der Waals surface area contributed by atoms with Gasteiger partial charge in [-0.15, -0.1) is 12.4 Å². The number of rotatable bonds is 3. The molecule has 5 aromatic rings. The van der Waals surface area contributed by atoms with Gasteiger partial charge < -0.3 is 14.5 Å². The lowest BCUT2D eigenvalue weighted by molar-refractivity contribution is 0.536. The summed E-state index contributed by atoms with van der Waals surface area (Å²) in [6.45, 7) is 0. The lowest BCUT2D eigenvalue weighted by Crippen LogP contribution is -2.15. The number of nitrogens with one attached hydrogen (secondary N) is 2. The fourth-order valence-corrected chi connectivity index (χ4v) is 5.38. The summed E-state index contributed by atoms with van der Waals surface area (Å²) in [6, 6.07) is 19.0. The van der Waals surface area contributed by atoms with E-state index in [2.05, 4.69) is 45.3 Å². The molecule has 2 aromatic carbocycles. The van der Waals surface area contributed by atoms with Crippen molar-refractivity contribution in [1.29, 1.82) is 5.26 Å². The molecular weight excluding hydrogens is 472 g/mol. The molecule has 36 heavy (non-hydrogen) atoms. The Kier molecular flexibility index (Phi) is 7.39. The molecule has 3 heterocycles. The van der Waals surface area contributed by atoms with Gasteiger partial charge in [-0.05, 0) is 39.1 Å². The topological polar surface area (TPSA) is 83.5 Å². The van der Waals surface area contributed by atoms with E-state index in [9.17, 15) is 10.1 Å². The first-order chi connectivity index (χ1) is 17.1. The Labute approximate surface area is 216 Å². The SMILES string of the molecule is CNC.Cl.Cn1cc(-n2c(-c3cn(C4CCCC4)c4ccccc34)c(C#N)[nH]c2=O)c2ccccc21. The Morgan fingerprint density at radius 2 is 1.58 bits per heavy atom. The Bertz CT molecular complexity index is 1610. The zero-order valence-corrected chi connectivity index (χ0v) is 21.6. The molecule has 6 rings (SSSR count). The summed E-state index contributed by atoms with van der Waals surface area (Å²) in [5.41, 5.74) is 4.49. The van der Waals surface area contributed by atoms with Gasteiger partial charge in [-0.1, -0.05) is 49.2 Å². The fraction of sp³-hybridized carbons (Fsp3) is 0.286. The molecule has 0 bridgehead atoms. The molecule has 1 saturated carbocycles. The lowest BCUT2D eigenvalue weighted by Gasteiger charge is -2.13. The number of halogens is 1. The third-order valence-electron chi connectivity index (χ3n) is 6.84. The highest BCUT2D eigenvalue weighted by molar-refractivity contribution is 5.98. The molecule has 8 heteroatoms. The Morgan fingerprint density at radius 1 is 0.972 bits per heavy atom. The van der Waals surface area contributed by atoms with E-state index in [1.807, 2.05) is 62.2 Å². The number of aromatic amines is 1. The summed E-state index contributed by atoms with van der Waals surface area (Å²) in [6.07, 6.45) is 8.90. The number of fused-ring (bicyclic) bond motifs is 2. The quantitative estimate of drug-likeness (QED) is 0.340. The molecule has 3 aromatic heterocycles. The second-order valence-electron chi connectivity index (χ2n) is 9.15. The van der Waals surface area contributed by atoms with Crippen LogP contribution < -0.4 is 11.0 Å². The zero-order chi connectivity index (χ0) is 24.5. The predicted octanol–water partition coefficient (Wildman–Crippen LogP) is 5.52. The molecule has 0 spiro atoms. The fourth-order valence-electron chi connectivity index (χ4n) is 5.38. The van der Waals surface area contributed by atoms with Gasteiger partial charge in [-0.2, -0.15) is 5.26 Å². The molecule has 1 aliphatic carbocycles. The molecule has 2 N–H and O–H groups in total. The van der Waals surface area contributed by atoms with Gasteiger partial charge in [0.15, 0.2) is 0 Å². The molecule has 0 saturated heterocycles. The predicted molar refractivity (Wildman–Crippen MR) is 148 cm³/mol. The van der Waals surface area contributed by atoms with E-state index in [1.54, 1.807) is 4.57 Å². The minimum Gasteiger partial charge on any atom is -0.348 e. The van der Waals surface area contributed by atoms with E-state index >= 15 is 0 Å². The van der Waals surface area contributed by atoms with E-state index in [4.69, 9.17) is 0 Å². The van der Waals surface area contributed by atoms with Gasteiger partial charge in [0.25, 0.3) is 0 Å². The highest BCUT2D eigenvalue weighted by Gasteiger charge is 2.26. The van der Waals surface area contributed by atoms with Gasteiger partial charge in [0.1, 0.15) is 11.8 Å². The molecule has 1 fully saturated rings. The summed E-state index contributed by atoms with van der Waals surface area (Å²) in [7, 11) is 5.72. The number of aryl methyl sites for hydroxylation is 1. The standard InChI is InChI=1S/C26H23N5O.C2H7N.ClH/c1-29-16-24(19-11-5-6-12-22(19)29)31-25(21(14-27)28-26(31)32)20-15-30(17-8-2-3-9-17)23-13-7-4-10-18(20)23;1-3-2;/h4-7,10-13,15-17H,2-3,8-9H2,1H3,(H,28,32);3H,1-2H3;1H. The van der Waals surface area contributed by atoms with Crippen LogP contribution >= 0.6 is 12.4 Å². The van der Waals surface area contributed by atoms with Crippen molar-refractivity contribution in [2.45, 2.75) is 31.7 Å². The summed E-state index contributed by atoms with van der Waals surface area (Å²) in [4.78, 5) is 16.0. The van der Waals surface area contributed by atoms with E-state index in [-0.39, 0.29) is 23.8 Å². The summed E-state index contributed by atoms with van der Waals surface area (Å²) in [5.74, 6) is 0. The molecule has 1 aliphatic rings. The van der Waals surface area contributed by atoms with Crippen LogP contribution in [0, 0.1) is 11.3 Å². The van der Waals surface area contributed by atoms with Crippen LogP contribution in [0.15, 0.2) is 65.7 Å². The smallest absolute Gasteiger partial charge is 0.331 e. The van der Waals surface area contributed by atoms with E-state index < -0.39 is 0 Å². The van der Waals surface area contributed by atoms with Crippen LogP contribution in [-0.4, -0.2) is 32.8 Å². The third-order valence-corrected chi connectivity index (χ3v) is 6.84. The van der Waals surface area contributed by atoms with Gasteiger partial charge >= 0.3 is 5.69 Å². The first kappa shape index (κ1) is 25.4. The summed E-state index contributed by atoms with van der Waals surface area (Å²) < 4.78 is 6.03. The van der Waals surface area contributed by atoms with Crippen molar-refractivity contribution < 1.29 is 0 Å². The molecule has 0 radical (unpaired) electrons. The minimum atomic E-state index is -0.300. The molecule has 7 nitrogen and oxygen atoms in total.